The summed E-state index contributed by atoms with van der Waals surface area (Å²) < 4.78 is 16.6. The molecule has 1 N–H and O–H groups in total. The second kappa shape index (κ2) is 10.0. The molecule has 2 heterocycles. The van der Waals surface area contributed by atoms with Gasteiger partial charge in [0, 0.05) is 28.2 Å². The molecule has 0 saturated heterocycles. The third kappa shape index (κ3) is 5.51. The van der Waals surface area contributed by atoms with E-state index >= 15 is 0 Å². The predicted octanol–water partition coefficient (Wildman–Crippen LogP) is 5.11. The van der Waals surface area contributed by atoms with Crippen LogP contribution in [0, 0.1) is 0 Å². The highest BCUT2D eigenvalue weighted by Crippen LogP contribution is 2.24. The topological polar surface area (TPSA) is 108 Å². The zero-order chi connectivity index (χ0) is 24.2. The molecule has 0 aliphatic carbocycles. The molecule has 0 saturated carbocycles. The van der Waals surface area contributed by atoms with Crippen molar-refractivity contribution in [2.75, 3.05) is 14.2 Å². The molecule has 2 aromatic heterocycles. The van der Waals surface area contributed by atoms with Crippen LogP contribution in [0.4, 0.5) is 4.79 Å². The van der Waals surface area contributed by atoms with Gasteiger partial charge in [-0.1, -0.05) is 15.9 Å². The van der Waals surface area contributed by atoms with Crippen molar-refractivity contribution in [3.05, 3.63) is 47.8 Å². The summed E-state index contributed by atoms with van der Waals surface area (Å²) in [5.74, 6) is 1.40. The number of alkyl halides is 1. The summed E-state index contributed by atoms with van der Waals surface area (Å²) in [5, 5.41) is 13.6. The third-order valence-electron chi connectivity index (χ3n) is 4.57. The van der Waals surface area contributed by atoms with E-state index in [-0.39, 0.29) is 5.69 Å². The van der Waals surface area contributed by atoms with Gasteiger partial charge in [-0.15, -0.1) is 0 Å². The molecule has 0 atom stereocenters. The fourth-order valence-corrected chi connectivity index (χ4v) is 3.48. The minimum Gasteiger partial charge on any atom is -0.497 e. The molecule has 0 fully saturated rings. The quantitative estimate of drug-likeness (QED) is 0.296. The normalized spacial score (nSPS) is 11.1. The van der Waals surface area contributed by atoms with Crippen LogP contribution in [-0.4, -0.2) is 52.2 Å². The lowest BCUT2D eigenvalue weighted by Gasteiger charge is -2.19. The summed E-state index contributed by atoms with van der Waals surface area (Å²) in [6.45, 7) is 5.29. The summed E-state index contributed by atoms with van der Waals surface area (Å²) in [4.78, 5) is 23.2. The second-order valence-electron chi connectivity index (χ2n) is 8.00. The van der Waals surface area contributed by atoms with E-state index in [2.05, 4.69) is 31.2 Å². The van der Waals surface area contributed by atoms with Crippen molar-refractivity contribution in [3.8, 4) is 11.5 Å². The van der Waals surface area contributed by atoms with Crippen molar-refractivity contribution in [1.29, 1.82) is 0 Å². The zero-order valence-corrected chi connectivity index (χ0v) is 20.6. The van der Waals surface area contributed by atoms with Crippen LogP contribution in [0.15, 0.2) is 36.4 Å². The number of fused-ring (bicyclic) bond motifs is 2. The maximum atomic E-state index is 12.1. The molecule has 0 unspecified atom stereocenters. The Morgan fingerprint density at radius 3 is 2.30 bits per heavy atom. The number of aromatic nitrogens is 4. The van der Waals surface area contributed by atoms with Crippen molar-refractivity contribution >= 4 is 50.1 Å². The molecule has 9 nitrogen and oxygen atoms in total. The number of rotatable bonds is 4. The molecule has 0 spiro atoms. The fraction of sp³-hybridized carbons (Fsp3) is 0.304. The van der Waals surface area contributed by atoms with E-state index in [9.17, 15) is 9.59 Å². The molecule has 33 heavy (non-hydrogen) atoms. The van der Waals surface area contributed by atoms with Crippen LogP contribution in [0.2, 0.25) is 0 Å². The lowest BCUT2D eigenvalue weighted by atomic mass is 10.2. The maximum absolute atomic E-state index is 12.1. The fourth-order valence-electron chi connectivity index (χ4n) is 3.05. The summed E-state index contributed by atoms with van der Waals surface area (Å²) >= 11 is 3.39. The number of methoxy groups -OCH3 is 2. The van der Waals surface area contributed by atoms with Crippen molar-refractivity contribution in [3.63, 3.8) is 0 Å². The van der Waals surface area contributed by atoms with E-state index in [1.54, 1.807) is 46.1 Å². The first kappa shape index (κ1) is 24.2. The molecule has 0 aliphatic rings. The average Bonchev–Trinajstić information content (AvgIpc) is 3.38. The van der Waals surface area contributed by atoms with Crippen LogP contribution in [0.25, 0.3) is 21.8 Å². The molecular weight excluding hydrogens is 492 g/mol. The maximum Gasteiger partial charge on any atom is 0.435 e. The van der Waals surface area contributed by atoms with Gasteiger partial charge in [-0.05, 0) is 45.0 Å². The average molecular weight is 517 g/mol. The standard InChI is InChI=1S/C14H16N2O4.C9H9BrN2O/c1-14(2,3)20-13(18)16-12-7-9(19-4)5-6-10(12)11(8-17)15-16;1-13-6-2-3-7-8(4-6)11-12-9(7)5-10/h5-8H,1-4H3;2-4H,5H2,1H3,(H,11,12). The SMILES string of the molecule is COc1ccc2c(C=O)nn(C(=O)OC(C)(C)C)c2c1.COc1ccc2c(CBr)[nH]nc2c1. The summed E-state index contributed by atoms with van der Waals surface area (Å²) in [6, 6.07) is 10.9. The number of halogens is 1. The second-order valence-corrected chi connectivity index (χ2v) is 8.56. The highest BCUT2D eigenvalue weighted by atomic mass is 79.9. The third-order valence-corrected chi connectivity index (χ3v) is 5.13. The summed E-state index contributed by atoms with van der Waals surface area (Å²) in [7, 11) is 3.18. The van der Waals surface area contributed by atoms with Crippen molar-refractivity contribution < 1.29 is 23.8 Å². The molecular formula is C23H25BrN4O5. The van der Waals surface area contributed by atoms with Gasteiger partial charge >= 0.3 is 6.09 Å². The summed E-state index contributed by atoms with van der Waals surface area (Å²) in [5.41, 5.74) is 2.05. The van der Waals surface area contributed by atoms with Gasteiger partial charge in [0.15, 0.2) is 6.29 Å². The number of nitrogens with one attached hydrogen (secondary N) is 1. The van der Waals surface area contributed by atoms with Crippen LogP contribution in [0.1, 0.15) is 37.0 Å². The predicted molar refractivity (Wildman–Crippen MR) is 129 cm³/mol. The van der Waals surface area contributed by atoms with E-state index in [0.29, 0.717) is 22.9 Å². The molecule has 4 rings (SSSR count). The lowest BCUT2D eigenvalue weighted by Crippen LogP contribution is -2.27. The molecule has 0 aliphatic heterocycles. The Labute approximate surface area is 199 Å². The Bertz CT molecular complexity index is 1290. The van der Waals surface area contributed by atoms with Crippen LogP contribution >= 0.6 is 15.9 Å². The van der Waals surface area contributed by atoms with Gasteiger partial charge in [-0.2, -0.15) is 14.9 Å². The Morgan fingerprint density at radius 2 is 1.73 bits per heavy atom. The number of benzene rings is 2. The van der Waals surface area contributed by atoms with E-state index < -0.39 is 11.7 Å². The molecule has 174 valence electrons. The zero-order valence-electron chi connectivity index (χ0n) is 19.0. The smallest absolute Gasteiger partial charge is 0.435 e. The molecule has 0 radical (unpaired) electrons. The Hall–Kier alpha value is -3.40. The Balaban J connectivity index is 0.000000203. The van der Waals surface area contributed by atoms with Crippen molar-refractivity contribution in [2.24, 2.45) is 0 Å². The van der Waals surface area contributed by atoms with Crippen molar-refractivity contribution in [1.82, 2.24) is 20.0 Å². The van der Waals surface area contributed by atoms with Crippen LogP contribution in [0.5, 0.6) is 11.5 Å². The first-order valence-corrected chi connectivity index (χ1v) is 11.1. The highest BCUT2D eigenvalue weighted by Gasteiger charge is 2.22. The lowest BCUT2D eigenvalue weighted by molar-refractivity contribution is 0.0522. The Morgan fingerprint density at radius 1 is 1.09 bits per heavy atom. The number of ether oxygens (including phenoxy) is 3. The first-order chi connectivity index (χ1) is 15.7. The molecule has 0 bridgehead atoms. The molecule has 4 aromatic rings. The largest absolute Gasteiger partial charge is 0.497 e. The van der Waals surface area contributed by atoms with Crippen LogP contribution in [0.3, 0.4) is 0 Å². The van der Waals surface area contributed by atoms with E-state index in [1.807, 2.05) is 18.2 Å². The number of aldehydes is 1. The molecule has 10 heteroatoms. The number of carbonyl (C=O) groups is 2. The number of carbonyl (C=O) groups excluding carboxylic acids is 2. The number of hydrogen-bond donors (Lipinski definition) is 1. The summed E-state index contributed by atoms with van der Waals surface area (Å²) in [6.07, 6.45) is -0.0285. The van der Waals surface area contributed by atoms with Crippen LogP contribution < -0.4 is 9.47 Å². The minimum absolute atomic E-state index is 0.188. The van der Waals surface area contributed by atoms with E-state index in [4.69, 9.17) is 14.2 Å². The van der Waals surface area contributed by atoms with Crippen LogP contribution in [-0.2, 0) is 10.1 Å². The van der Waals surface area contributed by atoms with E-state index in [1.165, 1.54) is 7.11 Å². The van der Waals surface area contributed by atoms with Gasteiger partial charge in [0.25, 0.3) is 0 Å². The van der Waals surface area contributed by atoms with Gasteiger partial charge in [0.1, 0.15) is 22.8 Å². The number of nitrogens with zero attached hydrogens (tertiary/aromatic N) is 3. The number of hydrogen-bond acceptors (Lipinski definition) is 7. The van der Waals surface area contributed by atoms with Gasteiger partial charge in [0.2, 0.25) is 0 Å². The van der Waals surface area contributed by atoms with Gasteiger partial charge in [-0.3, -0.25) is 9.89 Å². The molecule has 2 aromatic carbocycles. The van der Waals surface area contributed by atoms with Gasteiger partial charge < -0.3 is 14.2 Å². The minimum atomic E-state index is -0.643. The van der Waals surface area contributed by atoms with E-state index in [0.717, 1.165) is 32.4 Å². The number of aromatic amines is 1. The van der Waals surface area contributed by atoms with Gasteiger partial charge in [0.05, 0.1) is 30.9 Å². The van der Waals surface area contributed by atoms with Gasteiger partial charge in [-0.25, -0.2) is 4.79 Å². The monoisotopic (exact) mass is 516 g/mol. The van der Waals surface area contributed by atoms with Crippen molar-refractivity contribution in [2.45, 2.75) is 31.7 Å². The highest BCUT2D eigenvalue weighted by molar-refractivity contribution is 9.08. The first-order valence-electron chi connectivity index (χ1n) is 10.0. The number of H-pyrrole nitrogens is 1. The molecule has 0 amide bonds. The Kier molecular flexibility index (Phi) is 7.37.